The number of furan rings is 1. The van der Waals surface area contributed by atoms with Crippen LogP contribution in [-0.4, -0.2) is 33.0 Å². The van der Waals surface area contributed by atoms with E-state index in [9.17, 15) is 13.2 Å². The summed E-state index contributed by atoms with van der Waals surface area (Å²) >= 11 is 1.37. The molecule has 0 N–H and O–H groups in total. The number of para-hydroxylation sites is 1. The number of carbonyl (C=O) groups is 1. The van der Waals surface area contributed by atoms with Crippen molar-refractivity contribution < 1.29 is 22.4 Å². The van der Waals surface area contributed by atoms with E-state index in [1.54, 1.807) is 37.6 Å². The first-order valence-corrected chi connectivity index (χ1v) is 14.2. The van der Waals surface area contributed by atoms with Crippen LogP contribution in [0.5, 0.6) is 5.75 Å². The molecule has 1 amide bonds. The molecule has 192 valence electrons. The van der Waals surface area contributed by atoms with Gasteiger partial charge in [0.25, 0.3) is 15.9 Å². The first-order chi connectivity index (χ1) is 18.4. The molecule has 2 aromatic heterocycles. The Morgan fingerprint density at radius 2 is 1.89 bits per heavy atom. The van der Waals surface area contributed by atoms with Gasteiger partial charge in [-0.2, -0.15) is 0 Å². The number of methoxy groups -OCH3 is 1. The minimum atomic E-state index is -3.76. The lowest BCUT2D eigenvalue weighted by Gasteiger charge is -2.21. The summed E-state index contributed by atoms with van der Waals surface area (Å²) in [5, 5.41) is 0.500. The van der Waals surface area contributed by atoms with E-state index in [4.69, 9.17) is 9.15 Å². The number of hydrogen-bond donors (Lipinski definition) is 0. The maximum absolute atomic E-state index is 13.7. The summed E-state index contributed by atoms with van der Waals surface area (Å²) in [7, 11) is -2.16. The highest BCUT2D eigenvalue weighted by atomic mass is 32.2. The van der Waals surface area contributed by atoms with E-state index < -0.39 is 10.0 Å². The van der Waals surface area contributed by atoms with Crippen LogP contribution in [0.3, 0.4) is 0 Å². The Kier molecular flexibility index (Phi) is 6.13. The number of rotatable bonds is 7. The summed E-state index contributed by atoms with van der Waals surface area (Å²) in [4.78, 5) is 20.1. The average Bonchev–Trinajstić information content (AvgIpc) is 3.70. The molecule has 0 bridgehead atoms. The Labute approximate surface area is 223 Å². The number of amides is 1. The van der Waals surface area contributed by atoms with Crippen LogP contribution in [0.1, 0.15) is 21.7 Å². The molecule has 1 aliphatic heterocycles. The number of carbonyl (C=O) groups excluding carboxylic acids is 1. The summed E-state index contributed by atoms with van der Waals surface area (Å²) in [5.74, 6) is 0.985. The van der Waals surface area contributed by atoms with Crippen molar-refractivity contribution in [2.45, 2.75) is 17.9 Å². The van der Waals surface area contributed by atoms with E-state index in [-0.39, 0.29) is 17.3 Å². The Morgan fingerprint density at radius 3 is 2.66 bits per heavy atom. The largest absolute Gasteiger partial charge is 0.497 e. The van der Waals surface area contributed by atoms with E-state index in [0.29, 0.717) is 40.9 Å². The SMILES string of the molecule is COc1ccc2nc(N(Cc3ccco3)C(=O)c3ccc(S(=O)(=O)N4CCc5ccccc54)cc3)sc2c1. The molecule has 0 aliphatic carbocycles. The summed E-state index contributed by atoms with van der Waals surface area (Å²) in [6, 6.07) is 22.7. The van der Waals surface area contributed by atoms with Crippen molar-refractivity contribution in [3.05, 3.63) is 102 Å². The third-order valence-electron chi connectivity index (χ3n) is 6.49. The quantitative estimate of drug-likeness (QED) is 0.268. The van der Waals surface area contributed by atoms with Crippen molar-refractivity contribution in [1.29, 1.82) is 0 Å². The molecular weight excluding hydrogens is 522 g/mol. The standard InChI is InChI=1S/C28H23N3O5S2/c1-35-21-10-13-24-26(17-21)37-28(29-24)30(18-22-6-4-16-36-22)27(32)20-8-11-23(12-9-20)38(33,34)31-15-14-19-5-2-3-7-25(19)31/h2-13,16-17H,14-15,18H2,1H3. The second-order valence-corrected chi connectivity index (χ2v) is 11.7. The van der Waals surface area contributed by atoms with Crippen LogP contribution >= 0.6 is 11.3 Å². The Bertz CT molecular complexity index is 1730. The number of thiazole rings is 1. The zero-order valence-electron chi connectivity index (χ0n) is 20.4. The molecule has 0 saturated heterocycles. The molecular formula is C28H23N3O5S2. The topological polar surface area (TPSA) is 93.0 Å². The maximum Gasteiger partial charge on any atom is 0.264 e. The van der Waals surface area contributed by atoms with Gasteiger partial charge in [0.2, 0.25) is 0 Å². The highest BCUT2D eigenvalue weighted by molar-refractivity contribution is 7.92. The number of ether oxygens (including phenoxy) is 1. The Morgan fingerprint density at radius 1 is 1.08 bits per heavy atom. The van der Waals surface area contributed by atoms with Gasteiger partial charge in [0.15, 0.2) is 5.13 Å². The van der Waals surface area contributed by atoms with Gasteiger partial charge >= 0.3 is 0 Å². The van der Waals surface area contributed by atoms with Crippen molar-refractivity contribution in [3.8, 4) is 5.75 Å². The molecule has 0 radical (unpaired) electrons. The minimum Gasteiger partial charge on any atom is -0.497 e. The second kappa shape index (κ2) is 9.62. The van der Waals surface area contributed by atoms with Gasteiger partial charge in [0.05, 0.1) is 40.7 Å². The number of fused-ring (bicyclic) bond motifs is 2. The van der Waals surface area contributed by atoms with Crippen LogP contribution in [0, 0.1) is 0 Å². The van der Waals surface area contributed by atoms with Gasteiger partial charge in [0, 0.05) is 12.1 Å². The van der Waals surface area contributed by atoms with E-state index in [2.05, 4.69) is 4.98 Å². The number of aromatic nitrogens is 1. The van der Waals surface area contributed by atoms with Gasteiger partial charge in [-0.3, -0.25) is 14.0 Å². The van der Waals surface area contributed by atoms with Crippen LogP contribution in [0.4, 0.5) is 10.8 Å². The van der Waals surface area contributed by atoms with Gasteiger partial charge < -0.3 is 9.15 Å². The van der Waals surface area contributed by atoms with Gasteiger partial charge in [0.1, 0.15) is 11.5 Å². The van der Waals surface area contributed by atoms with Gasteiger partial charge in [-0.15, -0.1) is 0 Å². The average molecular weight is 546 g/mol. The molecule has 1 aliphatic rings. The second-order valence-electron chi connectivity index (χ2n) is 8.78. The smallest absolute Gasteiger partial charge is 0.264 e. The van der Waals surface area contributed by atoms with Crippen LogP contribution in [-0.2, 0) is 23.0 Å². The van der Waals surface area contributed by atoms with Crippen molar-refractivity contribution in [1.82, 2.24) is 4.98 Å². The predicted octanol–water partition coefficient (Wildman–Crippen LogP) is 5.50. The highest BCUT2D eigenvalue weighted by Crippen LogP contribution is 2.34. The Hall–Kier alpha value is -4.15. The molecule has 0 unspecified atom stereocenters. The van der Waals surface area contributed by atoms with Crippen LogP contribution in [0.15, 0.2) is 94.4 Å². The van der Waals surface area contributed by atoms with Crippen molar-refractivity contribution >= 4 is 48.3 Å². The summed E-state index contributed by atoms with van der Waals surface area (Å²) < 4.78 is 39.9. The van der Waals surface area contributed by atoms with E-state index in [1.807, 2.05) is 42.5 Å². The monoisotopic (exact) mass is 545 g/mol. The lowest BCUT2D eigenvalue weighted by molar-refractivity contribution is 0.0983. The van der Waals surface area contributed by atoms with Crippen molar-refractivity contribution in [2.24, 2.45) is 0 Å². The molecule has 38 heavy (non-hydrogen) atoms. The summed E-state index contributed by atoms with van der Waals surface area (Å²) in [6.45, 7) is 0.565. The molecule has 0 atom stereocenters. The molecule has 0 saturated carbocycles. The molecule has 6 rings (SSSR count). The van der Waals surface area contributed by atoms with Crippen LogP contribution in [0.25, 0.3) is 10.2 Å². The molecule has 8 nitrogen and oxygen atoms in total. The molecule has 3 heterocycles. The fourth-order valence-electron chi connectivity index (χ4n) is 4.53. The molecule has 3 aromatic carbocycles. The number of benzene rings is 3. The highest BCUT2D eigenvalue weighted by Gasteiger charge is 2.31. The zero-order chi connectivity index (χ0) is 26.3. The third-order valence-corrected chi connectivity index (χ3v) is 9.36. The summed E-state index contributed by atoms with van der Waals surface area (Å²) in [5.41, 5.74) is 2.79. The fraction of sp³-hybridized carbons (Fsp3) is 0.143. The van der Waals surface area contributed by atoms with Crippen LogP contribution < -0.4 is 13.9 Å². The normalized spacial score (nSPS) is 13.0. The van der Waals surface area contributed by atoms with Gasteiger partial charge in [-0.1, -0.05) is 29.5 Å². The number of sulfonamides is 1. The molecule has 0 fully saturated rings. The first kappa shape index (κ1) is 24.2. The van der Waals surface area contributed by atoms with Crippen molar-refractivity contribution in [2.75, 3.05) is 22.9 Å². The van der Waals surface area contributed by atoms with Gasteiger partial charge in [-0.25, -0.2) is 13.4 Å². The molecule has 0 spiro atoms. The zero-order valence-corrected chi connectivity index (χ0v) is 22.0. The number of nitrogens with zero attached hydrogens (tertiary/aromatic N) is 3. The Balaban J connectivity index is 1.32. The van der Waals surface area contributed by atoms with E-state index in [0.717, 1.165) is 15.8 Å². The lowest BCUT2D eigenvalue weighted by Crippen LogP contribution is -2.31. The molecule has 10 heteroatoms. The van der Waals surface area contributed by atoms with Gasteiger partial charge in [-0.05, 0) is 72.6 Å². The number of anilines is 2. The molecule has 5 aromatic rings. The first-order valence-electron chi connectivity index (χ1n) is 11.9. The van der Waals surface area contributed by atoms with Crippen molar-refractivity contribution in [3.63, 3.8) is 0 Å². The predicted molar refractivity (Wildman–Crippen MR) is 147 cm³/mol. The van der Waals surface area contributed by atoms with Crippen LogP contribution in [0.2, 0.25) is 0 Å². The minimum absolute atomic E-state index is 0.135. The number of hydrogen-bond acceptors (Lipinski definition) is 7. The fourth-order valence-corrected chi connectivity index (χ4v) is 7.02. The third kappa shape index (κ3) is 4.31. The maximum atomic E-state index is 13.7. The summed E-state index contributed by atoms with van der Waals surface area (Å²) in [6.07, 6.45) is 2.22. The van der Waals surface area contributed by atoms with E-state index in [1.165, 1.54) is 32.7 Å². The lowest BCUT2D eigenvalue weighted by atomic mass is 10.2. The van der Waals surface area contributed by atoms with E-state index >= 15 is 0 Å².